The fraction of sp³-hybridized carbons (Fsp3) is 0.333. The molecular weight excluding hydrogens is 415 g/mol. The van der Waals surface area contributed by atoms with Crippen LogP contribution in [-0.2, 0) is 0 Å². The maximum atomic E-state index is 14.1. The molecule has 5 nitrogen and oxygen atoms in total. The second-order valence-corrected chi connectivity index (χ2v) is 8.73. The number of hydrogen-bond donors (Lipinski definition) is 1. The number of hydrogen-bond acceptors (Lipinski definition) is 3. The Bertz CT molecular complexity index is 980. The zero-order valence-corrected chi connectivity index (χ0v) is 16.9. The van der Waals surface area contributed by atoms with E-state index in [2.05, 4.69) is 5.32 Å². The molecule has 30 heavy (non-hydrogen) atoms. The zero-order valence-electron chi connectivity index (χ0n) is 16.0. The van der Waals surface area contributed by atoms with Gasteiger partial charge in [-0.2, -0.15) is 0 Å². The smallest absolute Gasteiger partial charge is 0.321 e. The highest BCUT2D eigenvalue weighted by atomic mass is 32.2. The molecule has 0 unspecified atom stereocenters. The van der Waals surface area contributed by atoms with Crippen molar-refractivity contribution in [3.63, 3.8) is 0 Å². The third kappa shape index (κ3) is 3.86. The summed E-state index contributed by atoms with van der Waals surface area (Å²) in [5.41, 5.74) is -0.0420. The summed E-state index contributed by atoms with van der Waals surface area (Å²) < 4.78 is 41.0. The van der Waals surface area contributed by atoms with E-state index in [0.717, 1.165) is 11.8 Å². The molecule has 2 heterocycles. The van der Waals surface area contributed by atoms with Crippen LogP contribution < -0.4 is 5.32 Å². The van der Waals surface area contributed by atoms with E-state index >= 15 is 0 Å². The lowest BCUT2D eigenvalue weighted by atomic mass is 10.0. The highest BCUT2D eigenvalue weighted by molar-refractivity contribution is 8.00. The Labute approximate surface area is 176 Å². The molecule has 2 aromatic carbocycles. The van der Waals surface area contributed by atoms with Gasteiger partial charge in [0.15, 0.2) is 0 Å². The molecule has 0 saturated carbocycles. The minimum Gasteiger partial charge on any atom is -0.324 e. The van der Waals surface area contributed by atoms with E-state index in [9.17, 15) is 22.8 Å². The summed E-state index contributed by atoms with van der Waals surface area (Å²) in [5, 5.41) is 2.46. The lowest BCUT2D eigenvalue weighted by Crippen LogP contribution is -2.54. The van der Waals surface area contributed by atoms with Crippen LogP contribution in [0.1, 0.15) is 23.2 Å². The molecule has 2 fully saturated rings. The third-order valence-electron chi connectivity index (χ3n) is 5.53. The van der Waals surface area contributed by atoms with Crippen molar-refractivity contribution in [2.24, 2.45) is 0 Å². The van der Waals surface area contributed by atoms with Crippen LogP contribution in [0.2, 0.25) is 0 Å². The fourth-order valence-corrected chi connectivity index (χ4v) is 5.39. The van der Waals surface area contributed by atoms with Crippen molar-refractivity contribution in [2.75, 3.05) is 30.7 Å². The van der Waals surface area contributed by atoms with E-state index in [1.165, 1.54) is 18.2 Å². The summed E-state index contributed by atoms with van der Waals surface area (Å²) in [6.07, 6.45) is 1.05. The molecule has 2 aliphatic rings. The molecule has 0 aliphatic carbocycles. The molecule has 3 amide bonds. The molecular formula is C21H20F3N3O2S. The van der Waals surface area contributed by atoms with Gasteiger partial charge in [0.25, 0.3) is 5.91 Å². The standard InChI is InChI=1S/C21H20F3N3O2S/c22-14-5-6-18(17(24)13-14)25-20(29)26-9-7-21(8-10-26)27(11-12-30-21)19(28)15-3-1-2-4-16(15)23/h1-6,13H,7-12H2,(H,25,29). The molecule has 2 aromatic rings. The van der Waals surface area contributed by atoms with Crippen molar-refractivity contribution in [3.8, 4) is 0 Å². The summed E-state index contributed by atoms with van der Waals surface area (Å²) in [4.78, 5) is 28.2. The van der Waals surface area contributed by atoms with E-state index < -0.39 is 28.4 Å². The van der Waals surface area contributed by atoms with Crippen LogP contribution in [0, 0.1) is 17.5 Å². The van der Waals surface area contributed by atoms with Crippen LogP contribution in [0.25, 0.3) is 0 Å². The first-order chi connectivity index (χ1) is 14.4. The van der Waals surface area contributed by atoms with Crippen molar-refractivity contribution >= 4 is 29.4 Å². The van der Waals surface area contributed by atoms with Gasteiger partial charge in [-0.05, 0) is 37.1 Å². The number of piperidine rings is 1. The quantitative estimate of drug-likeness (QED) is 0.765. The molecule has 0 bridgehead atoms. The fourth-order valence-electron chi connectivity index (χ4n) is 3.93. The van der Waals surface area contributed by atoms with Crippen molar-refractivity contribution in [2.45, 2.75) is 17.7 Å². The zero-order chi connectivity index (χ0) is 21.3. The van der Waals surface area contributed by atoms with Gasteiger partial charge in [0.1, 0.15) is 17.5 Å². The van der Waals surface area contributed by atoms with Crippen LogP contribution in [0.4, 0.5) is 23.7 Å². The molecule has 2 aliphatic heterocycles. The van der Waals surface area contributed by atoms with E-state index in [4.69, 9.17) is 0 Å². The van der Waals surface area contributed by atoms with E-state index in [1.807, 2.05) is 0 Å². The van der Waals surface area contributed by atoms with Crippen molar-refractivity contribution in [1.29, 1.82) is 0 Å². The molecule has 1 N–H and O–H groups in total. The van der Waals surface area contributed by atoms with Crippen molar-refractivity contribution in [3.05, 3.63) is 65.5 Å². The summed E-state index contributed by atoms with van der Waals surface area (Å²) >= 11 is 1.65. The first-order valence-corrected chi connectivity index (χ1v) is 10.6. The molecule has 0 atom stereocenters. The largest absolute Gasteiger partial charge is 0.324 e. The van der Waals surface area contributed by atoms with Crippen LogP contribution in [0.5, 0.6) is 0 Å². The number of nitrogens with zero attached hydrogens (tertiary/aromatic N) is 2. The second kappa shape index (κ2) is 8.22. The van der Waals surface area contributed by atoms with Crippen LogP contribution in [0.15, 0.2) is 42.5 Å². The van der Waals surface area contributed by atoms with Gasteiger partial charge in [0.2, 0.25) is 0 Å². The number of amides is 3. The number of likely N-dealkylation sites (tertiary alicyclic amines) is 1. The summed E-state index contributed by atoms with van der Waals surface area (Å²) in [6, 6.07) is 8.41. The molecule has 4 rings (SSSR count). The first kappa shape index (κ1) is 20.6. The van der Waals surface area contributed by atoms with E-state index in [0.29, 0.717) is 38.5 Å². The Kier molecular flexibility index (Phi) is 5.64. The Morgan fingerprint density at radius 1 is 0.967 bits per heavy atom. The predicted molar refractivity (Wildman–Crippen MR) is 109 cm³/mol. The predicted octanol–water partition coefficient (Wildman–Crippen LogP) is 4.32. The van der Waals surface area contributed by atoms with E-state index in [-0.39, 0.29) is 17.2 Å². The lowest BCUT2D eigenvalue weighted by molar-refractivity contribution is 0.0581. The summed E-state index contributed by atoms with van der Waals surface area (Å²) in [6.45, 7) is 1.25. The number of carbonyl (C=O) groups is 2. The third-order valence-corrected chi connectivity index (χ3v) is 7.08. The van der Waals surface area contributed by atoms with Crippen LogP contribution in [0.3, 0.4) is 0 Å². The van der Waals surface area contributed by atoms with Gasteiger partial charge in [-0.25, -0.2) is 18.0 Å². The van der Waals surface area contributed by atoms with Gasteiger partial charge in [-0.3, -0.25) is 4.79 Å². The molecule has 9 heteroatoms. The number of carbonyl (C=O) groups excluding carboxylic acids is 2. The molecule has 0 aromatic heterocycles. The monoisotopic (exact) mass is 435 g/mol. The summed E-state index contributed by atoms with van der Waals surface area (Å²) in [7, 11) is 0. The summed E-state index contributed by atoms with van der Waals surface area (Å²) in [5.74, 6) is -1.71. The number of thioether (sulfide) groups is 1. The maximum absolute atomic E-state index is 14.1. The first-order valence-electron chi connectivity index (χ1n) is 9.61. The normalized spacial score (nSPS) is 18.0. The van der Waals surface area contributed by atoms with Gasteiger partial charge < -0.3 is 15.1 Å². The Hall–Kier alpha value is -2.68. The molecule has 1 spiro atoms. The van der Waals surface area contributed by atoms with Crippen molar-refractivity contribution < 1.29 is 22.8 Å². The lowest BCUT2D eigenvalue weighted by Gasteiger charge is -2.44. The number of urea groups is 1. The number of anilines is 1. The van der Waals surface area contributed by atoms with Gasteiger partial charge >= 0.3 is 6.03 Å². The maximum Gasteiger partial charge on any atom is 0.321 e. The van der Waals surface area contributed by atoms with E-state index in [1.54, 1.807) is 33.7 Å². The SMILES string of the molecule is O=C(Nc1ccc(F)cc1F)N1CCC2(CC1)SCCN2C(=O)c1ccccc1F. The van der Waals surface area contributed by atoms with Gasteiger partial charge in [0, 0.05) is 31.5 Å². The Morgan fingerprint density at radius 2 is 1.70 bits per heavy atom. The second-order valence-electron chi connectivity index (χ2n) is 7.27. The van der Waals surface area contributed by atoms with Gasteiger partial charge in [-0.15, -0.1) is 11.8 Å². The minimum absolute atomic E-state index is 0.0475. The number of nitrogens with one attached hydrogen (secondary N) is 1. The Balaban J connectivity index is 1.43. The molecule has 158 valence electrons. The minimum atomic E-state index is -0.843. The topological polar surface area (TPSA) is 52.7 Å². The van der Waals surface area contributed by atoms with Crippen LogP contribution in [-0.4, -0.2) is 52.0 Å². The number of halogens is 3. The molecule has 0 radical (unpaired) electrons. The average Bonchev–Trinajstić information content (AvgIpc) is 3.13. The number of benzene rings is 2. The van der Waals surface area contributed by atoms with Crippen molar-refractivity contribution in [1.82, 2.24) is 9.80 Å². The number of rotatable bonds is 2. The van der Waals surface area contributed by atoms with Crippen LogP contribution >= 0.6 is 11.8 Å². The highest BCUT2D eigenvalue weighted by Gasteiger charge is 2.47. The highest BCUT2D eigenvalue weighted by Crippen LogP contribution is 2.44. The van der Waals surface area contributed by atoms with Gasteiger partial charge in [-0.1, -0.05) is 12.1 Å². The molecule has 2 saturated heterocycles. The van der Waals surface area contributed by atoms with Gasteiger partial charge in [0.05, 0.1) is 16.1 Å². The average molecular weight is 435 g/mol. The Morgan fingerprint density at radius 3 is 2.40 bits per heavy atom.